The van der Waals surface area contributed by atoms with E-state index in [2.05, 4.69) is 22.0 Å². The molecule has 8 heteroatoms. The normalized spacial score (nSPS) is 21.0. The zero-order chi connectivity index (χ0) is 15.0. The van der Waals surface area contributed by atoms with Gasteiger partial charge in [-0.1, -0.05) is 0 Å². The maximum Gasteiger partial charge on any atom is 0.294 e. The summed E-state index contributed by atoms with van der Waals surface area (Å²) in [4.78, 5) is 2.14. The molecule has 0 radical (unpaired) electrons. The number of aromatic amines is 1. The highest BCUT2D eigenvalue weighted by Gasteiger charge is 2.21. The summed E-state index contributed by atoms with van der Waals surface area (Å²) in [5.41, 5.74) is 1.46. The number of benzene rings is 1. The molecule has 1 aliphatic heterocycles. The van der Waals surface area contributed by atoms with Crippen LogP contribution in [0.3, 0.4) is 0 Å². The summed E-state index contributed by atoms with van der Waals surface area (Å²) in [5, 5.41) is 7.95. The Bertz CT molecular complexity index is 756. The van der Waals surface area contributed by atoms with Gasteiger partial charge >= 0.3 is 0 Å². The van der Waals surface area contributed by atoms with E-state index < -0.39 is 10.1 Å². The molecule has 0 bridgehead atoms. The van der Waals surface area contributed by atoms with Crippen molar-refractivity contribution in [2.75, 3.05) is 19.8 Å². The van der Waals surface area contributed by atoms with Crippen LogP contribution in [0.1, 0.15) is 12.6 Å². The monoisotopic (exact) mass is 311 g/mol. The Morgan fingerprint density at radius 2 is 2.33 bits per heavy atom. The lowest BCUT2D eigenvalue weighted by atomic mass is 10.2. The lowest BCUT2D eigenvalue weighted by Crippen LogP contribution is -2.43. The van der Waals surface area contributed by atoms with Crippen LogP contribution in [0, 0.1) is 0 Å². The number of hydrogen-bond acceptors (Lipinski definition) is 5. The fourth-order valence-corrected chi connectivity index (χ4v) is 3.03. The lowest BCUT2D eigenvalue weighted by molar-refractivity contribution is -0.00473. The molecule has 1 saturated heterocycles. The van der Waals surface area contributed by atoms with Gasteiger partial charge < -0.3 is 4.74 Å². The second-order valence-corrected chi connectivity index (χ2v) is 6.67. The number of nitrogens with one attached hydrogen (secondary N) is 1. The Kier molecular flexibility index (Phi) is 3.70. The van der Waals surface area contributed by atoms with Gasteiger partial charge in [0, 0.05) is 24.5 Å². The summed E-state index contributed by atoms with van der Waals surface area (Å²) < 4.78 is 36.8. The molecule has 114 valence electrons. The molecule has 0 aliphatic carbocycles. The molecule has 1 unspecified atom stereocenters. The number of nitrogens with zero attached hydrogens (tertiary/aromatic N) is 2. The smallest absolute Gasteiger partial charge is 0.294 e. The molecule has 2 heterocycles. The van der Waals surface area contributed by atoms with E-state index in [4.69, 9.17) is 9.29 Å². The molecular formula is C13H17N3O4S. The number of rotatable bonds is 3. The van der Waals surface area contributed by atoms with Crippen LogP contribution in [0.4, 0.5) is 0 Å². The van der Waals surface area contributed by atoms with Gasteiger partial charge in [0.1, 0.15) is 0 Å². The average molecular weight is 311 g/mol. The fourth-order valence-electron chi connectivity index (χ4n) is 2.53. The predicted molar refractivity (Wildman–Crippen MR) is 76.6 cm³/mol. The summed E-state index contributed by atoms with van der Waals surface area (Å²) in [6.45, 7) is 5.04. The third kappa shape index (κ3) is 2.93. The summed E-state index contributed by atoms with van der Waals surface area (Å²) in [6.07, 6.45) is 0. The van der Waals surface area contributed by atoms with E-state index in [1.807, 2.05) is 0 Å². The second-order valence-electron chi connectivity index (χ2n) is 5.25. The maximum atomic E-state index is 11.1. The Balaban J connectivity index is 1.90. The Labute approximate surface area is 122 Å². The van der Waals surface area contributed by atoms with Crippen LogP contribution in [0.5, 0.6) is 0 Å². The Morgan fingerprint density at radius 3 is 3.05 bits per heavy atom. The minimum atomic E-state index is -4.20. The molecule has 2 N–H and O–H groups in total. The highest BCUT2D eigenvalue weighted by Crippen LogP contribution is 2.22. The van der Waals surface area contributed by atoms with Crippen LogP contribution >= 0.6 is 0 Å². The van der Waals surface area contributed by atoms with Gasteiger partial charge in [-0.25, -0.2) is 0 Å². The van der Waals surface area contributed by atoms with Crippen molar-refractivity contribution in [2.45, 2.75) is 24.4 Å². The van der Waals surface area contributed by atoms with E-state index in [9.17, 15) is 8.42 Å². The van der Waals surface area contributed by atoms with E-state index >= 15 is 0 Å². The Morgan fingerprint density at radius 1 is 1.52 bits per heavy atom. The molecule has 21 heavy (non-hydrogen) atoms. The summed E-state index contributed by atoms with van der Waals surface area (Å²) in [5.74, 6) is 0. The van der Waals surface area contributed by atoms with E-state index in [1.165, 1.54) is 12.1 Å². The van der Waals surface area contributed by atoms with E-state index in [1.54, 1.807) is 6.07 Å². The number of H-pyrrole nitrogens is 1. The molecular weight excluding hydrogens is 294 g/mol. The Hall–Kier alpha value is -1.48. The zero-order valence-corrected chi connectivity index (χ0v) is 12.4. The molecule has 1 aromatic heterocycles. The van der Waals surface area contributed by atoms with Crippen LogP contribution < -0.4 is 0 Å². The topological polar surface area (TPSA) is 95.5 Å². The zero-order valence-electron chi connectivity index (χ0n) is 11.6. The van der Waals surface area contributed by atoms with Crippen molar-refractivity contribution < 1.29 is 17.7 Å². The number of ether oxygens (including phenoxy) is 1. The van der Waals surface area contributed by atoms with Crippen LogP contribution in [0.25, 0.3) is 10.9 Å². The summed E-state index contributed by atoms with van der Waals surface area (Å²) >= 11 is 0. The van der Waals surface area contributed by atoms with Crippen molar-refractivity contribution in [3.05, 3.63) is 23.9 Å². The first-order valence-electron chi connectivity index (χ1n) is 6.71. The third-order valence-corrected chi connectivity index (χ3v) is 4.62. The van der Waals surface area contributed by atoms with Crippen molar-refractivity contribution in [2.24, 2.45) is 0 Å². The van der Waals surface area contributed by atoms with Gasteiger partial charge in [-0.05, 0) is 25.1 Å². The van der Waals surface area contributed by atoms with Gasteiger partial charge in [-0.15, -0.1) is 0 Å². The second kappa shape index (κ2) is 5.38. The van der Waals surface area contributed by atoms with Crippen molar-refractivity contribution in [3.8, 4) is 0 Å². The third-order valence-electron chi connectivity index (χ3n) is 3.77. The molecule has 1 aliphatic rings. The van der Waals surface area contributed by atoms with Crippen LogP contribution in [-0.4, -0.2) is 53.9 Å². The number of aromatic nitrogens is 2. The van der Waals surface area contributed by atoms with Crippen molar-refractivity contribution in [3.63, 3.8) is 0 Å². The van der Waals surface area contributed by atoms with Crippen molar-refractivity contribution >= 4 is 21.0 Å². The van der Waals surface area contributed by atoms with E-state index in [0.29, 0.717) is 31.3 Å². The highest BCUT2D eigenvalue weighted by molar-refractivity contribution is 7.85. The van der Waals surface area contributed by atoms with Crippen molar-refractivity contribution in [1.82, 2.24) is 15.1 Å². The van der Waals surface area contributed by atoms with Gasteiger partial charge in [-0.2, -0.15) is 13.5 Å². The molecule has 0 spiro atoms. The molecule has 0 saturated carbocycles. The first kappa shape index (κ1) is 14.5. The number of hydrogen-bond donors (Lipinski definition) is 2. The van der Waals surface area contributed by atoms with Crippen LogP contribution in [-0.2, 0) is 21.4 Å². The minimum Gasteiger partial charge on any atom is -0.379 e. The van der Waals surface area contributed by atoms with Crippen LogP contribution in [0.2, 0.25) is 0 Å². The maximum absolute atomic E-state index is 11.1. The summed E-state index contributed by atoms with van der Waals surface area (Å²) in [7, 11) is -4.20. The van der Waals surface area contributed by atoms with Gasteiger partial charge in [0.2, 0.25) is 0 Å². The lowest BCUT2D eigenvalue weighted by Gasteiger charge is -2.32. The molecule has 1 atom stereocenters. The first-order valence-corrected chi connectivity index (χ1v) is 8.15. The number of fused-ring (bicyclic) bond motifs is 1. The SMILES string of the molecule is CC1COCCN1Cc1n[nH]c2cc(S(=O)(=O)O)ccc12. The largest absolute Gasteiger partial charge is 0.379 e. The fraction of sp³-hybridized carbons (Fsp3) is 0.462. The molecule has 2 aromatic rings. The van der Waals surface area contributed by atoms with Gasteiger partial charge in [0.25, 0.3) is 10.1 Å². The first-order chi connectivity index (χ1) is 9.95. The van der Waals surface area contributed by atoms with Crippen LogP contribution in [0.15, 0.2) is 23.1 Å². The van der Waals surface area contributed by atoms with Crippen molar-refractivity contribution in [1.29, 1.82) is 0 Å². The van der Waals surface area contributed by atoms with Gasteiger partial charge in [0.05, 0.1) is 29.3 Å². The highest BCUT2D eigenvalue weighted by atomic mass is 32.2. The quantitative estimate of drug-likeness (QED) is 0.822. The van der Waals surface area contributed by atoms with Gasteiger partial charge in [-0.3, -0.25) is 14.6 Å². The van der Waals surface area contributed by atoms with Gasteiger partial charge in [0.15, 0.2) is 0 Å². The van der Waals surface area contributed by atoms with E-state index in [0.717, 1.165) is 17.6 Å². The molecule has 7 nitrogen and oxygen atoms in total. The molecule has 3 rings (SSSR count). The minimum absolute atomic E-state index is 0.134. The molecule has 1 fully saturated rings. The molecule has 1 aromatic carbocycles. The van der Waals surface area contributed by atoms with E-state index in [-0.39, 0.29) is 4.90 Å². The average Bonchev–Trinajstić information content (AvgIpc) is 2.83. The predicted octanol–water partition coefficient (Wildman–Crippen LogP) is 1.03. The summed E-state index contributed by atoms with van der Waals surface area (Å²) in [6, 6.07) is 4.77. The standard InChI is InChI=1S/C13H17N3O4S/c1-9-8-20-5-4-16(9)7-13-11-3-2-10(21(17,18)19)6-12(11)14-15-13/h2-3,6,9H,4-5,7-8H2,1H3,(H,14,15)(H,17,18,19). The number of morpholine rings is 1. The molecule has 0 amide bonds.